The lowest BCUT2D eigenvalue weighted by Gasteiger charge is -2.13. The van der Waals surface area contributed by atoms with E-state index in [9.17, 15) is 19.6 Å². The maximum Gasteiger partial charge on any atom is 0.290 e. The van der Waals surface area contributed by atoms with Crippen LogP contribution in [0.1, 0.15) is 44.8 Å². The van der Waals surface area contributed by atoms with Gasteiger partial charge in [0.15, 0.2) is 5.69 Å². The van der Waals surface area contributed by atoms with Crippen molar-refractivity contribution in [3.63, 3.8) is 0 Å². The Morgan fingerprint density at radius 3 is 2.34 bits per heavy atom. The first-order valence-electron chi connectivity index (χ1n) is 13.0. The van der Waals surface area contributed by atoms with Crippen LogP contribution in [0.3, 0.4) is 0 Å². The smallest absolute Gasteiger partial charge is 0.290 e. The highest BCUT2D eigenvalue weighted by Gasteiger charge is 2.21. The molecule has 5 rings (SSSR count). The fraction of sp³-hybridized carbons (Fsp3) is 0.194. The molecule has 5 aromatic rings. The zero-order valence-electron chi connectivity index (χ0n) is 23.3. The van der Waals surface area contributed by atoms with Gasteiger partial charge in [0.2, 0.25) is 0 Å². The minimum absolute atomic E-state index is 0.196. The third kappa shape index (κ3) is 4.89. The molecule has 0 aliphatic rings. The van der Waals surface area contributed by atoms with Crippen LogP contribution in [-0.2, 0) is 13.6 Å². The van der Waals surface area contributed by atoms with Gasteiger partial charge in [-0.2, -0.15) is 10.0 Å². The molecule has 0 saturated carbocycles. The standard InChI is InChI=1S/C31H28N6O4/c1-6-37-25(20-7-9-21(10-8-20)26-18(3)41-36(5)31(26)40)15-22-11-17(2)34-27(28(22)37)30(39)35-24-13-19(16-32)12-23(14-24)29(38)33-4/h7-15H,6H2,1-5H3,(H,33,38)(H,35,39). The number of benzene rings is 2. The third-order valence-electron chi connectivity index (χ3n) is 6.94. The van der Waals surface area contributed by atoms with Crippen molar-refractivity contribution in [3.8, 4) is 28.5 Å². The van der Waals surface area contributed by atoms with Crippen LogP contribution in [0.4, 0.5) is 5.69 Å². The monoisotopic (exact) mass is 548 g/mol. The van der Waals surface area contributed by atoms with Crippen molar-refractivity contribution in [2.45, 2.75) is 27.3 Å². The van der Waals surface area contributed by atoms with Crippen molar-refractivity contribution in [1.29, 1.82) is 5.26 Å². The van der Waals surface area contributed by atoms with Gasteiger partial charge in [-0.05, 0) is 62.2 Å². The molecule has 0 unspecified atom stereocenters. The Balaban J connectivity index is 1.57. The molecule has 0 aliphatic carbocycles. The van der Waals surface area contributed by atoms with Gasteiger partial charge in [0.25, 0.3) is 17.4 Å². The number of nitriles is 1. The molecule has 0 atom stereocenters. The zero-order chi connectivity index (χ0) is 29.4. The fourth-order valence-corrected chi connectivity index (χ4v) is 5.12. The Morgan fingerprint density at radius 2 is 1.73 bits per heavy atom. The summed E-state index contributed by atoms with van der Waals surface area (Å²) in [6.45, 7) is 6.14. The van der Waals surface area contributed by atoms with E-state index in [1.165, 1.54) is 30.0 Å². The molecule has 0 radical (unpaired) electrons. The number of carbonyl (C=O) groups is 2. The van der Waals surface area contributed by atoms with Crippen molar-refractivity contribution in [1.82, 2.24) is 19.6 Å². The van der Waals surface area contributed by atoms with Crippen LogP contribution in [0.15, 0.2) is 63.9 Å². The highest BCUT2D eigenvalue weighted by atomic mass is 16.5. The van der Waals surface area contributed by atoms with Gasteiger partial charge in [0, 0.05) is 48.7 Å². The summed E-state index contributed by atoms with van der Waals surface area (Å²) in [5, 5.41) is 15.6. The van der Waals surface area contributed by atoms with Gasteiger partial charge in [-0.25, -0.2) is 4.98 Å². The van der Waals surface area contributed by atoms with Gasteiger partial charge in [0.05, 0.1) is 22.7 Å². The fourth-order valence-electron chi connectivity index (χ4n) is 5.12. The number of hydrogen-bond acceptors (Lipinski definition) is 6. The van der Waals surface area contributed by atoms with Crippen LogP contribution in [0, 0.1) is 25.2 Å². The van der Waals surface area contributed by atoms with E-state index >= 15 is 0 Å². The number of pyridine rings is 1. The van der Waals surface area contributed by atoms with Crippen molar-refractivity contribution in [2.75, 3.05) is 12.4 Å². The van der Waals surface area contributed by atoms with E-state index in [0.717, 1.165) is 22.2 Å². The summed E-state index contributed by atoms with van der Waals surface area (Å²) in [6, 6.07) is 18.1. The molecule has 10 heteroatoms. The molecule has 0 aliphatic heterocycles. The summed E-state index contributed by atoms with van der Waals surface area (Å²) < 4.78 is 8.67. The number of rotatable bonds is 6. The average Bonchev–Trinajstić information content (AvgIpc) is 3.46. The second-order valence-electron chi connectivity index (χ2n) is 9.67. The number of aryl methyl sites for hydroxylation is 4. The van der Waals surface area contributed by atoms with Gasteiger partial charge in [-0.1, -0.05) is 24.3 Å². The van der Waals surface area contributed by atoms with Gasteiger partial charge in [-0.15, -0.1) is 0 Å². The molecule has 0 saturated heterocycles. The van der Waals surface area contributed by atoms with Gasteiger partial charge < -0.3 is 19.7 Å². The molecule has 2 aromatic carbocycles. The van der Waals surface area contributed by atoms with Crippen LogP contribution >= 0.6 is 0 Å². The quantitative estimate of drug-likeness (QED) is 0.314. The minimum Gasteiger partial charge on any atom is -0.381 e. The van der Waals surface area contributed by atoms with Gasteiger partial charge in [-0.3, -0.25) is 14.4 Å². The number of nitrogens with one attached hydrogen (secondary N) is 2. The van der Waals surface area contributed by atoms with E-state index < -0.39 is 5.91 Å². The second-order valence-corrected chi connectivity index (χ2v) is 9.67. The first kappa shape index (κ1) is 27.1. The Labute approximate surface area is 235 Å². The summed E-state index contributed by atoms with van der Waals surface area (Å²) in [6.07, 6.45) is 0. The summed E-state index contributed by atoms with van der Waals surface area (Å²) in [4.78, 5) is 42.9. The van der Waals surface area contributed by atoms with E-state index in [2.05, 4.69) is 15.6 Å². The lowest BCUT2D eigenvalue weighted by atomic mass is 10.0. The number of nitrogens with zero attached hydrogens (tertiary/aromatic N) is 4. The van der Waals surface area contributed by atoms with Crippen LogP contribution in [0.25, 0.3) is 33.3 Å². The number of carbonyl (C=O) groups excluding carboxylic acids is 2. The summed E-state index contributed by atoms with van der Waals surface area (Å²) >= 11 is 0. The average molecular weight is 549 g/mol. The van der Waals surface area contributed by atoms with E-state index in [4.69, 9.17) is 4.52 Å². The maximum absolute atomic E-state index is 13.6. The number of amides is 2. The van der Waals surface area contributed by atoms with E-state index in [1.807, 2.05) is 60.9 Å². The van der Waals surface area contributed by atoms with Gasteiger partial charge in [0.1, 0.15) is 5.76 Å². The SMILES string of the molecule is CCn1c(-c2ccc(-c3c(C)on(C)c3=O)cc2)cc2cc(C)nc(C(=O)Nc3cc(C#N)cc(C(=O)NC)c3)c21. The minimum atomic E-state index is -0.461. The number of anilines is 1. The molecule has 206 valence electrons. The summed E-state index contributed by atoms with van der Waals surface area (Å²) in [7, 11) is 3.08. The summed E-state index contributed by atoms with van der Waals surface area (Å²) in [5.74, 6) is -0.280. The topological polar surface area (TPSA) is 135 Å². The number of hydrogen-bond donors (Lipinski definition) is 2. The second kappa shape index (κ2) is 10.6. The van der Waals surface area contributed by atoms with Gasteiger partial charge >= 0.3 is 0 Å². The lowest BCUT2D eigenvalue weighted by molar-refractivity contribution is 0.0961. The molecule has 41 heavy (non-hydrogen) atoms. The van der Waals surface area contributed by atoms with Crippen molar-refractivity contribution < 1.29 is 14.1 Å². The zero-order valence-corrected chi connectivity index (χ0v) is 23.3. The highest BCUT2D eigenvalue weighted by Crippen LogP contribution is 2.32. The molecule has 3 heterocycles. The predicted molar refractivity (Wildman–Crippen MR) is 156 cm³/mol. The third-order valence-corrected chi connectivity index (χ3v) is 6.94. The molecule has 2 N–H and O–H groups in total. The molecular formula is C31H28N6O4. The lowest BCUT2D eigenvalue weighted by Crippen LogP contribution is -2.19. The van der Waals surface area contributed by atoms with Crippen molar-refractivity contribution >= 4 is 28.4 Å². The largest absolute Gasteiger partial charge is 0.381 e. The molecule has 0 bridgehead atoms. The van der Waals surface area contributed by atoms with Crippen LogP contribution in [0.2, 0.25) is 0 Å². The Morgan fingerprint density at radius 1 is 1.02 bits per heavy atom. The molecule has 2 amide bonds. The molecule has 0 fully saturated rings. The predicted octanol–water partition coefficient (Wildman–Crippen LogP) is 4.78. The molecule has 10 nitrogen and oxygen atoms in total. The van der Waals surface area contributed by atoms with E-state index in [1.54, 1.807) is 14.0 Å². The Hall–Kier alpha value is -5.43. The normalized spacial score (nSPS) is 10.9. The Bertz CT molecular complexity index is 1940. The Kier molecular flexibility index (Phi) is 7.03. The van der Waals surface area contributed by atoms with E-state index in [-0.39, 0.29) is 28.3 Å². The summed E-state index contributed by atoms with van der Waals surface area (Å²) in [5.41, 5.74) is 5.26. The van der Waals surface area contributed by atoms with Crippen molar-refractivity contribution in [2.24, 2.45) is 7.05 Å². The maximum atomic E-state index is 13.6. The van der Waals surface area contributed by atoms with Crippen LogP contribution in [0.5, 0.6) is 0 Å². The molecule has 3 aromatic heterocycles. The highest BCUT2D eigenvalue weighted by molar-refractivity contribution is 6.12. The van der Waals surface area contributed by atoms with E-state index in [0.29, 0.717) is 34.8 Å². The first-order valence-corrected chi connectivity index (χ1v) is 13.0. The number of aromatic nitrogens is 3. The molecule has 0 spiro atoms. The van der Waals surface area contributed by atoms with Crippen LogP contribution < -0.4 is 16.2 Å². The molecular weight excluding hydrogens is 520 g/mol. The number of fused-ring (bicyclic) bond motifs is 1. The van der Waals surface area contributed by atoms with Crippen molar-refractivity contribution in [3.05, 3.63) is 93.2 Å². The van der Waals surface area contributed by atoms with Crippen LogP contribution in [-0.4, -0.2) is 33.2 Å². The first-order chi connectivity index (χ1) is 19.6.